The van der Waals surface area contributed by atoms with Crippen LogP contribution in [0.2, 0.25) is 0 Å². The highest BCUT2D eigenvalue weighted by Gasteiger charge is 2.49. The van der Waals surface area contributed by atoms with Crippen molar-refractivity contribution in [2.45, 2.75) is 39.1 Å². The van der Waals surface area contributed by atoms with Gasteiger partial charge in [0.2, 0.25) is 5.91 Å². The van der Waals surface area contributed by atoms with Gasteiger partial charge in [-0.05, 0) is 54.8 Å². The summed E-state index contributed by atoms with van der Waals surface area (Å²) in [6, 6.07) is 9.77. The molecule has 1 unspecified atom stereocenters. The second-order valence-corrected chi connectivity index (χ2v) is 8.67. The summed E-state index contributed by atoms with van der Waals surface area (Å²) in [5.74, 6) is -1.67. The number of hydrogen-bond acceptors (Lipinski definition) is 5. The zero-order valence-corrected chi connectivity index (χ0v) is 19.2. The highest BCUT2D eigenvalue weighted by Crippen LogP contribution is 2.31. The van der Waals surface area contributed by atoms with E-state index in [-0.39, 0.29) is 23.0 Å². The van der Waals surface area contributed by atoms with Gasteiger partial charge in [0.1, 0.15) is 11.3 Å². The number of rotatable bonds is 8. The molecule has 1 atom stereocenters. The number of amides is 4. The zero-order chi connectivity index (χ0) is 26.0. The van der Waals surface area contributed by atoms with Crippen LogP contribution in [-0.2, 0) is 15.1 Å². The summed E-state index contributed by atoms with van der Waals surface area (Å²) in [5, 5.41) is 5.21. The van der Waals surface area contributed by atoms with Gasteiger partial charge < -0.3 is 15.4 Å². The Hall–Kier alpha value is -3.89. The molecule has 0 aliphatic carbocycles. The normalized spacial score (nSPS) is 18.0. The number of ether oxygens (including phenoxy) is 1. The molecular weight excluding hydrogens is 467 g/mol. The van der Waals surface area contributed by atoms with Crippen molar-refractivity contribution >= 4 is 29.3 Å². The number of benzene rings is 2. The van der Waals surface area contributed by atoms with Crippen molar-refractivity contribution in [3.63, 3.8) is 0 Å². The van der Waals surface area contributed by atoms with Crippen LogP contribution < -0.4 is 15.4 Å². The molecule has 1 aliphatic rings. The lowest BCUT2D eigenvalue weighted by atomic mass is 9.92. The van der Waals surface area contributed by atoms with E-state index in [0.29, 0.717) is 12.1 Å². The molecule has 2 aromatic rings. The van der Waals surface area contributed by atoms with Crippen LogP contribution in [-0.4, -0.2) is 41.4 Å². The first-order chi connectivity index (χ1) is 16.3. The summed E-state index contributed by atoms with van der Waals surface area (Å²) in [7, 11) is 0. The smallest absolute Gasteiger partial charge is 0.406 e. The van der Waals surface area contributed by atoms with Gasteiger partial charge in [0, 0.05) is 17.7 Å². The lowest BCUT2D eigenvalue weighted by Gasteiger charge is -2.22. The summed E-state index contributed by atoms with van der Waals surface area (Å²) >= 11 is 0. The van der Waals surface area contributed by atoms with E-state index in [0.717, 1.165) is 17.0 Å². The third-order valence-electron chi connectivity index (χ3n) is 5.33. The molecule has 3 rings (SSSR count). The first-order valence-corrected chi connectivity index (χ1v) is 10.7. The van der Waals surface area contributed by atoms with Crippen LogP contribution in [0.3, 0.4) is 0 Å². The average Bonchev–Trinajstić information content (AvgIpc) is 2.96. The van der Waals surface area contributed by atoms with Gasteiger partial charge in [-0.3, -0.25) is 19.3 Å². The maximum atomic E-state index is 13.0. The monoisotopic (exact) mass is 491 g/mol. The summed E-state index contributed by atoms with van der Waals surface area (Å²) in [6.07, 6.45) is -4.51. The van der Waals surface area contributed by atoms with Crippen LogP contribution in [0.25, 0.3) is 0 Å². The van der Waals surface area contributed by atoms with Crippen molar-refractivity contribution in [3.05, 3.63) is 59.7 Å². The van der Waals surface area contributed by atoms with Gasteiger partial charge in [-0.15, -0.1) is 13.2 Å². The molecule has 2 aromatic carbocycles. The SMILES string of the molecule is CC(C)CC(=O)Nc1ccc(C(=O)CN2C(=O)NC(C)(c3ccc(OC(F)(F)F)cc3)C2=O)cc1. The third-order valence-corrected chi connectivity index (χ3v) is 5.33. The summed E-state index contributed by atoms with van der Waals surface area (Å²) in [5.41, 5.74) is -0.608. The number of ketones is 1. The number of imide groups is 1. The minimum Gasteiger partial charge on any atom is -0.406 e. The van der Waals surface area contributed by atoms with E-state index in [1.165, 1.54) is 31.2 Å². The number of urea groups is 1. The molecule has 0 bridgehead atoms. The Kier molecular flexibility index (Phi) is 7.18. The molecule has 11 heteroatoms. The maximum absolute atomic E-state index is 13.0. The molecule has 1 saturated heterocycles. The molecule has 1 aliphatic heterocycles. The number of nitrogens with one attached hydrogen (secondary N) is 2. The standard InChI is InChI=1S/C24H24F3N3O5/c1-14(2)12-20(32)28-17-8-4-15(5-9-17)19(31)13-30-21(33)23(3,29-22(30)34)16-6-10-18(11-7-16)35-24(25,26)27/h4-11,14H,12-13H2,1-3H3,(H,28,32)(H,29,34). The summed E-state index contributed by atoms with van der Waals surface area (Å²) in [6.45, 7) is 4.69. The van der Waals surface area contributed by atoms with E-state index < -0.39 is 41.9 Å². The Morgan fingerprint density at radius 3 is 2.20 bits per heavy atom. The Morgan fingerprint density at radius 2 is 1.66 bits per heavy atom. The predicted molar refractivity (Wildman–Crippen MR) is 120 cm³/mol. The number of alkyl halides is 3. The fourth-order valence-electron chi connectivity index (χ4n) is 3.58. The molecule has 0 spiro atoms. The van der Waals surface area contributed by atoms with Gasteiger partial charge in [-0.1, -0.05) is 26.0 Å². The average molecular weight is 491 g/mol. The molecule has 1 heterocycles. The van der Waals surface area contributed by atoms with Crippen LogP contribution in [0.15, 0.2) is 48.5 Å². The van der Waals surface area contributed by atoms with E-state index in [2.05, 4.69) is 15.4 Å². The molecule has 2 N–H and O–H groups in total. The van der Waals surface area contributed by atoms with Crippen molar-refractivity contribution in [1.29, 1.82) is 0 Å². The molecular formula is C24H24F3N3O5. The maximum Gasteiger partial charge on any atom is 0.573 e. The Labute approximate surface area is 199 Å². The zero-order valence-electron chi connectivity index (χ0n) is 19.2. The van der Waals surface area contributed by atoms with E-state index in [1.807, 2.05) is 13.8 Å². The van der Waals surface area contributed by atoms with Gasteiger partial charge in [-0.25, -0.2) is 4.79 Å². The first kappa shape index (κ1) is 25.7. The summed E-state index contributed by atoms with van der Waals surface area (Å²) in [4.78, 5) is 50.8. The fourth-order valence-corrected chi connectivity index (χ4v) is 3.58. The van der Waals surface area contributed by atoms with E-state index >= 15 is 0 Å². The lowest BCUT2D eigenvalue weighted by molar-refractivity contribution is -0.274. The molecule has 0 radical (unpaired) electrons. The minimum atomic E-state index is -4.86. The van der Waals surface area contributed by atoms with Gasteiger partial charge >= 0.3 is 12.4 Å². The van der Waals surface area contributed by atoms with Crippen molar-refractivity contribution in [1.82, 2.24) is 10.2 Å². The Balaban J connectivity index is 1.68. The number of anilines is 1. The molecule has 0 saturated carbocycles. The highest BCUT2D eigenvalue weighted by molar-refractivity contribution is 6.11. The lowest BCUT2D eigenvalue weighted by Crippen LogP contribution is -2.41. The van der Waals surface area contributed by atoms with Crippen LogP contribution in [0.4, 0.5) is 23.7 Å². The van der Waals surface area contributed by atoms with Gasteiger partial charge in [0.25, 0.3) is 5.91 Å². The molecule has 4 amide bonds. The highest BCUT2D eigenvalue weighted by atomic mass is 19.4. The van der Waals surface area contributed by atoms with Crippen molar-refractivity contribution in [2.24, 2.45) is 5.92 Å². The molecule has 186 valence electrons. The second-order valence-electron chi connectivity index (χ2n) is 8.67. The Bertz CT molecular complexity index is 1130. The van der Waals surface area contributed by atoms with E-state index in [1.54, 1.807) is 12.1 Å². The van der Waals surface area contributed by atoms with E-state index in [9.17, 15) is 32.3 Å². The number of hydrogen-bond donors (Lipinski definition) is 2. The molecule has 35 heavy (non-hydrogen) atoms. The third kappa shape index (κ3) is 6.17. The largest absolute Gasteiger partial charge is 0.573 e. The van der Waals surface area contributed by atoms with Crippen LogP contribution >= 0.6 is 0 Å². The Morgan fingerprint density at radius 1 is 1.06 bits per heavy atom. The minimum absolute atomic E-state index is 0.157. The number of halogens is 3. The number of nitrogens with zero attached hydrogens (tertiary/aromatic N) is 1. The first-order valence-electron chi connectivity index (χ1n) is 10.7. The topological polar surface area (TPSA) is 105 Å². The van der Waals surface area contributed by atoms with Crippen LogP contribution in [0.5, 0.6) is 5.75 Å². The second kappa shape index (κ2) is 9.77. The van der Waals surface area contributed by atoms with Crippen molar-refractivity contribution in [2.75, 3.05) is 11.9 Å². The van der Waals surface area contributed by atoms with Crippen molar-refractivity contribution < 1.29 is 37.1 Å². The quantitative estimate of drug-likeness (QED) is 0.425. The van der Waals surface area contributed by atoms with Gasteiger partial charge in [-0.2, -0.15) is 0 Å². The number of Topliss-reactive ketones (excluding diaryl/α,β-unsaturated/α-hetero) is 1. The molecule has 1 fully saturated rings. The predicted octanol–water partition coefficient (Wildman–Crippen LogP) is 4.22. The van der Waals surface area contributed by atoms with Crippen LogP contribution in [0.1, 0.15) is 43.1 Å². The summed E-state index contributed by atoms with van der Waals surface area (Å²) < 4.78 is 40.9. The van der Waals surface area contributed by atoms with Crippen LogP contribution in [0, 0.1) is 5.92 Å². The van der Waals surface area contributed by atoms with E-state index in [4.69, 9.17) is 0 Å². The van der Waals surface area contributed by atoms with Crippen molar-refractivity contribution in [3.8, 4) is 5.75 Å². The number of carbonyl (C=O) groups excluding carboxylic acids is 4. The molecule has 8 nitrogen and oxygen atoms in total. The van der Waals surface area contributed by atoms with Gasteiger partial charge in [0.15, 0.2) is 5.78 Å². The fraction of sp³-hybridized carbons (Fsp3) is 0.333. The molecule has 0 aromatic heterocycles. The van der Waals surface area contributed by atoms with Gasteiger partial charge in [0.05, 0.1) is 6.54 Å². The number of carbonyl (C=O) groups is 4.